The second-order valence-corrected chi connectivity index (χ2v) is 4.73. The van der Waals surface area contributed by atoms with Gasteiger partial charge in [-0.05, 0) is 31.5 Å². The molecule has 24 heavy (non-hydrogen) atoms. The first-order chi connectivity index (χ1) is 11.1. The van der Waals surface area contributed by atoms with Crippen LogP contribution in [-0.2, 0) is 6.11 Å². The lowest BCUT2D eigenvalue weighted by Crippen LogP contribution is -2.25. The van der Waals surface area contributed by atoms with Gasteiger partial charge in [-0.1, -0.05) is 13.8 Å². The zero-order valence-electron chi connectivity index (χ0n) is 13.5. The van der Waals surface area contributed by atoms with Gasteiger partial charge in [0.15, 0.2) is 0 Å². The number of rotatable bonds is 3. The minimum absolute atomic E-state index is 0.0991. The highest BCUT2D eigenvalue weighted by molar-refractivity contribution is 5.32. The summed E-state index contributed by atoms with van der Waals surface area (Å²) in [4.78, 5) is 0. The van der Waals surface area contributed by atoms with Crippen LogP contribution < -0.4 is 4.74 Å². The molecule has 2 aromatic carbocycles. The van der Waals surface area contributed by atoms with Crippen molar-refractivity contribution in [1.29, 1.82) is 0 Å². The molecule has 1 nitrogen and oxygen atoms in total. The van der Waals surface area contributed by atoms with E-state index in [0.29, 0.717) is 24.3 Å². The van der Waals surface area contributed by atoms with Gasteiger partial charge in [0.1, 0.15) is 34.6 Å². The van der Waals surface area contributed by atoms with Crippen molar-refractivity contribution in [2.75, 3.05) is 0 Å². The van der Waals surface area contributed by atoms with E-state index in [1.165, 1.54) is 6.92 Å². The summed E-state index contributed by atoms with van der Waals surface area (Å²) in [5, 5.41) is 0. The van der Waals surface area contributed by atoms with Crippen LogP contribution in [0.2, 0.25) is 0 Å². The van der Waals surface area contributed by atoms with Crippen molar-refractivity contribution in [3.8, 4) is 5.75 Å². The summed E-state index contributed by atoms with van der Waals surface area (Å²) in [7, 11) is 0. The van der Waals surface area contributed by atoms with E-state index in [1.54, 1.807) is 0 Å². The van der Waals surface area contributed by atoms with Gasteiger partial charge in [0.2, 0.25) is 0 Å². The molecule has 0 aliphatic rings. The molecule has 0 atom stereocenters. The average molecular weight is 350 g/mol. The third kappa shape index (κ3) is 4.21. The van der Waals surface area contributed by atoms with E-state index in [2.05, 4.69) is 4.74 Å². The Morgan fingerprint density at radius 1 is 0.750 bits per heavy atom. The van der Waals surface area contributed by atoms with Gasteiger partial charge in [0.25, 0.3) is 0 Å². The van der Waals surface area contributed by atoms with Crippen molar-refractivity contribution in [2.45, 2.75) is 33.8 Å². The Kier molecular flexibility index (Phi) is 6.29. The highest BCUT2D eigenvalue weighted by atomic mass is 19.3. The van der Waals surface area contributed by atoms with Crippen LogP contribution in [0.1, 0.15) is 30.5 Å². The molecule has 0 fully saturated rings. The molecule has 2 rings (SSSR count). The monoisotopic (exact) mass is 350 g/mol. The van der Waals surface area contributed by atoms with Gasteiger partial charge >= 0.3 is 6.11 Å². The first kappa shape index (κ1) is 19.9. The van der Waals surface area contributed by atoms with Gasteiger partial charge in [-0.15, -0.1) is 0 Å². The molecule has 0 aliphatic heterocycles. The number of hydrogen-bond donors (Lipinski definition) is 0. The molecule has 7 heteroatoms. The van der Waals surface area contributed by atoms with Crippen LogP contribution in [0.5, 0.6) is 5.75 Å². The maximum absolute atomic E-state index is 13.9. The lowest BCUT2D eigenvalue weighted by Gasteiger charge is -2.20. The molecule has 0 bridgehead atoms. The fourth-order valence-corrected chi connectivity index (χ4v) is 1.86. The van der Waals surface area contributed by atoms with E-state index in [1.807, 2.05) is 13.8 Å². The summed E-state index contributed by atoms with van der Waals surface area (Å²) in [5.41, 5.74) is -1.91. The van der Waals surface area contributed by atoms with Crippen LogP contribution in [-0.4, -0.2) is 0 Å². The molecular weight excluding hydrogens is 334 g/mol. The van der Waals surface area contributed by atoms with E-state index in [-0.39, 0.29) is 11.1 Å². The topological polar surface area (TPSA) is 9.23 Å². The van der Waals surface area contributed by atoms with Crippen molar-refractivity contribution in [3.05, 3.63) is 64.2 Å². The molecule has 0 unspecified atom stereocenters. The predicted molar refractivity (Wildman–Crippen MR) is 78.1 cm³/mol. The third-order valence-electron chi connectivity index (χ3n) is 2.98. The molecule has 132 valence electrons. The summed E-state index contributed by atoms with van der Waals surface area (Å²) in [6.07, 6.45) is -4.43. The standard InChI is InChI=1S/C15H10F6O.C2H6/c1-7-3-12(18)14(13(19)4-7)15(20,21)22-9-5-10(16)8(2)11(17)6-9;1-2/h3-6H,1-2H3;1-2H3. The van der Waals surface area contributed by atoms with Crippen molar-refractivity contribution >= 4 is 0 Å². The van der Waals surface area contributed by atoms with Crippen LogP contribution in [0.3, 0.4) is 0 Å². The third-order valence-corrected chi connectivity index (χ3v) is 2.98. The Labute approximate surface area is 135 Å². The smallest absolute Gasteiger partial charge is 0.429 e. The Morgan fingerprint density at radius 2 is 1.17 bits per heavy atom. The largest absolute Gasteiger partial charge is 0.432 e. The number of aryl methyl sites for hydroxylation is 1. The van der Waals surface area contributed by atoms with Crippen LogP contribution in [0.25, 0.3) is 0 Å². The fourth-order valence-electron chi connectivity index (χ4n) is 1.86. The number of halogens is 6. The predicted octanol–water partition coefficient (Wildman–Crippen LogP) is 6.01. The molecule has 0 amide bonds. The summed E-state index contributed by atoms with van der Waals surface area (Å²) in [6, 6.07) is 2.42. The van der Waals surface area contributed by atoms with Gasteiger partial charge < -0.3 is 4.74 Å². The van der Waals surface area contributed by atoms with E-state index in [0.717, 1.165) is 6.92 Å². The normalized spacial score (nSPS) is 10.9. The Hall–Kier alpha value is -2.18. The SMILES string of the molecule is CC.Cc1cc(F)c(C(F)(F)Oc2cc(F)c(C)c(F)c2)c(F)c1. The Balaban J connectivity index is 0.00000139. The van der Waals surface area contributed by atoms with Crippen LogP contribution in [0.15, 0.2) is 24.3 Å². The molecule has 0 spiro atoms. The molecule has 0 saturated carbocycles. The maximum Gasteiger partial charge on any atom is 0.432 e. The van der Waals surface area contributed by atoms with Crippen molar-refractivity contribution in [1.82, 2.24) is 0 Å². The highest BCUT2D eigenvalue weighted by Crippen LogP contribution is 2.36. The molecule has 0 radical (unpaired) electrons. The molecule has 0 aromatic heterocycles. The number of alkyl halides is 2. The van der Waals surface area contributed by atoms with Crippen LogP contribution >= 0.6 is 0 Å². The number of ether oxygens (including phenoxy) is 1. The minimum Gasteiger partial charge on any atom is -0.429 e. The molecular formula is C17H16F6O. The van der Waals surface area contributed by atoms with Crippen molar-refractivity contribution in [3.63, 3.8) is 0 Å². The van der Waals surface area contributed by atoms with Gasteiger partial charge in [0.05, 0.1) is 0 Å². The number of benzene rings is 2. The first-order valence-corrected chi connectivity index (χ1v) is 7.10. The van der Waals surface area contributed by atoms with E-state index >= 15 is 0 Å². The first-order valence-electron chi connectivity index (χ1n) is 7.10. The van der Waals surface area contributed by atoms with Crippen molar-refractivity contribution < 1.29 is 31.1 Å². The van der Waals surface area contributed by atoms with Crippen LogP contribution in [0.4, 0.5) is 26.3 Å². The second-order valence-electron chi connectivity index (χ2n) is 4.73. The fraction of sp³-hybridized carbons (Fsp3) is 0.294. The maximum atomic E-state index is 13.9. The van der Waals surface area contributed by atoms with Gasteiger partial charge in [-0.2, -0.15) is 8.78 Å². The second kappa shape index (κ2) is 7.59. The van der Waals surface area contributed by atoms with Gasteiger partial charge in [-0.3, -0.25) is 0 Å². The van der Waals surface area contributed by atoms with E-state index in [4.69, 9.17) is 0 Å². The zero-order valence-corrected chi connectivity index (χ0v) is 13.5. The summed E-state index contributed by atoms with van der Waals surface area (Å²) < 4.78 is 85.7. The molecule has 0 N–H and O–H groups in total. The molecule has 2 aromatic rings. The average Bonchev–Trinajstić information content (AvgIpc) is 2.44. The van der Waals surface area contributed by atoms with E-state index in [9.17, 15) is 26.3 Å². The van der Waals surface area contributed by atoms with Gasteiger partial charge in [-0.25, -0.2) is 17.6 Å². The Bertz CT molecular complexity index is 681. The molecule has 0 heterocycles. The molecule has 0 saturated heterocycles. The highest BCUT2D eigenvalue weighted by Gasteiger charge is 2.41. The van der Waals surface area contributed by atoms with Crippen molar-refractivity contribution in [2.24, 2.45) is 0 Å². The Morgan fingerprint density at radius 3 is 1.58 bits per heavy atom. The minimum atomic E-state index is -4.43. The number of hydrogen-bond acceptors (Lipinski definition) is 1. The summed E-state index contributed by atoms with van der Waals surface area (Å²) in [6.45, 7) is 6.42. The van der Waals surface area contributed by atoms with E-state index < -0.39 is 40.7 Å². The quantitative estimate of drug-likeness (QED) is 0.616. The molecule has 0 aliphatic carbocycles. The summed E-state index contributed by atoms with van der Waals surface area (Å²) >= 11 is 0. The van der Waals surface area contributed by atoms with Gasteiger partial charge in [0, 0.05) is 17.7 Å². The lowest BCUT2D eigenvalue weighted by molar-refractivity contribution is -0.189. The van der Waals surface area contributed by atoms with Crippen LogP contribution in [0, 0.1) is 37.1 Å². The summed E-state index contributed by atoms with van der Waals surface area (Å²) in [5.74, 6) is -6.15. The lowest BCUT2D eigenvalue weighted by atomic mass is 10.1. The zero-order chi connectivity index (χ0) is 18.7.